The van der Waals surface area contributed by atoms with Crippen molar-refractivity contribution in [3.05, 3.63) is 77.1 Å². The Morgan fingerprint density at radius 1 is 1.24 bits per heavy atom. The van der Waals surface area contributed by atoms with Crippen molar-refractivity contribution in [1.82, 2.24) is 9.97 Å². The molecule has 0 aliphatic carbocycles. The quantitative estimate of drug-likeness (QED) is 0.478. The number of imidazole rings is 1. The Balaban J connectivity index is 1.71. The van der Waals surface area contributed by atoms with E-state index in [0.29, 0.717) is 33.9 Å². The van der Waals surface area contributed by atoms with Crippen molar-refractivity contribution in [2.24, 2.45) is 0 Å². The van der Waals surface area contributed by atoms with Crippen molar-refractivity contribution < 1.29 is 18.7 Å². The summed E-state index contributed by atoms with van der Waals surface area (Å²) in [4.78, 5) is 18.5. The molecule has 6 nitrogen and oxygen atoms in total. The molecule has 0 aliphatic rings. The Morgan fingerprint density at radius 3 is 2.83 bits per heavy atom. The normalized spacial score (nSPS) is 11.6. The lowest BCUT2D eigenvalue weighted by atomic mass is 10.0. The molecule has 0 bridgehead atoms. The molecule has 0 amide bonds. The Bertz CT molecular complexity index is 1320. The number of H-pyrrole nitrogens is 1. The summed E-state index contributed by atoms with van der Waals surface area (Å²) < 4.78 is 19.2. The third-order valence-electron chi connectivity index (χ3n) is 4.48. The first kappa shape index (κ1) is 18.2. The first-order valence-corrected chi connectivity index (χ1v) is 8.66. The summed E-state index contributed by atoms with van der Waals surface area (Å²) in [5, 5.41) is 18.7. The highest BCUT2D eigenvalue weighted by Crippen LogP contribution is 2.28. The highest BCUT2D eigenvalue weighted by molar-refractivity contribution is 5.91. The van der Waals surface area contributed by atoms with Gasteiger partial charge in [0.05, 0.1) is 22.2 Å². The molecule has 2 heterocycles. The number of hydrogen-bond donors (Lipinski definition) is 2. The minimum atomic E-state index is -1.02. The lowest BCUT2D eigenvalue weighted by Crippen LogP contribution is -1.96. The zero-order valence-corrected chi connectivity index (χ0v) is 15.2. The summed E-state index contributed by atoms with van der Waals surface area (Å²) in [7, 11) is 0. The summed E-state index contributed by atoms with van der Waals surface area (Å²) in [5.74, 6) is -0.227. The summed E-state index contributed by atoms with van der Waals surface area (Å²) in [6.07, 6.45) is 1.52. The first-order valence-electron chi connectivity index (χ1n) is 8.66. The highest BCUT2D eigenvalue weighted by Gasteiger charge is 2.13. The number of aromatic nitrogens is 2. The van der Waals surface area contributed by atoms with Crippen LogP contribution in [0.25, 0.3) is 34.0 Å². The lowest BCUT2D eigenvalue weighted by Gasteiger charge is -2.04. The number of rotatable bonds is 4. The maximum absolute atomic E-state index is 13.4. The number of furan rings is 1. The number of fused-ring (bicyclic) bond motifs is 1. The average molecular weight is 387 g/mol. The molecule has 29 heavy (non-hydrogen) atoms. The van der Waals surface area contributed by atoms with Crippen molar-refractivity contribution in [3.63, 3.8) is 0 Å². The van der Waals surface area contributed by atoms with E-state index >= 15 is 0 Å². The third-order valence-corrected chi connectivity index (χ3v) is 4.48. The van der Waals surface area contributed by atoms with E-state index in [-0.39, 0.29) is 11.1 Å². The number of nitriles is 1. The molecule has 4 rings (SSSR count). The molecule has 0 radical (unpaired) electrons. The SMILES string of the molecule is Cc1ccc(C(=O)O)cc1-c1ccc(/C=C(/C#N)c2nc3ccc(F)cc3[nH]2)o1. The Kier molecular flexibility index (Phi) is 4.45. The maximum Gasteiger partial charge on any atom is 0.335 e. The molecule has 2 aromatic heterocycles. The number of carboxylic acids is 1. The fraction of sp³-hybridized carbons (Fsp3) is 0.0455. The zero-order valence-electron chi connectivity index (χ0n) is 15.2. The van der Waals surface area contributed by atoms with E-state index in [2.05, 4.69) is 16.0 Å². The summed E-state index contributed by atoms with van der Waals surface area (Å²) >= 11 is 0. The highest BCUT2D eigenvalue weighted by atomic mass is 19.1. The number of aromatic carboxylic acids is 1. The molecule has 0 fully saturated rings. The number of hydrogen-bond acceptors (Lipinski definition) is 4. The molecular formula is C22H14FN3O3. The minimum absolute atomic E-state index is 0.159. The molecule has 7 heteroatoms. The van der Waals surface area contributed by atoms with Crippen molar-refractivity contribution in [2.45, 2.75) is 6.92 Å². The molecule has 0 atom stereocenters. The van der Waals surface area contributed by atoms with Crippen LogP contribution in [0.3, 0.4) is 0 Å². The molecule has 0 saturated heterocycles. The van der Waals surface area contributed by atoms with E-state index in [0.717, 1.165) is 5.56 Å². The van der Waals surface area contributed by atoms with Crippen LogP contribution in [-0.2, 0) is 0 Å². The molecule has 2 N–H and O–H groups in total. The van der Waals surface area contributed by atoms with Gasteiger partial charge in [0.1, 0.15) is 29.2 Å². The second-order valence-corrected chi connectivity index (χ2v) is 6.45. The van der Waals surface area contributed by atoms with E-state index in [1.807, 2.05) is 6.92 Å². The van der Waals surface area contributed by atoms with Gasteiger partial charge < -0.3 is 14.5 Å². The number of carboxylic acid groups (broad SMARTS) is 1. The van der Waals surface area contributed by atoms with Crippen molar-refractivity contribution >= 4 is 28.7 Å². The van der Waals surface area contributed by atoms with Crippen molar-refractivity contribution in [3.8, 4) is 17.4 Å². The first-order chi connectivity index (χ1) is 13.9. The van der Waals surface area contributed by atoms with Gasteiger partial charge in [-0.25, -0.2) is 14.2 Å². The molecule has 0 unspecified atom stereocenters. The van der Waals surface area contributed by atoms with E-state index in [4.69, 9.17) is 4.42 Å². The average Bonchev–Trinajstić information content (AvgIpc) is 3.32. The smallest absolute Gasteiger partial charge is 0.335 e. The Labute approximate surface area is 164 Å². The maximum atomic E-state index is 13.4. The van der Waals surface area contributed by atoms with Crippen LogP contribution >= 0.6 is 0 Å². The van der Waals surface area contributed by atoms with Gasteiger partial charge in [-0.1, -0.05) is 6.07 Å². The molecule has 0 saturated carbocycles. The van der Waals surface area contributed by atoms with Gasteiger partial charge in [0.15, 0.2) is 0 Å². The fourth-order valence-corrected chi connectivity index (χ4v) is 3.00. The van der Waals surface area contributed by atoms with Gasteiger partial charge in [-0.15, -0.1) is 0 Å². The largest absolute Gasteiger partial charge is 0.478 e. The van der Waals surface area contributed by atoms with Gasteiger partial charge in [0.2, 0.25) is 0 Å². The molecule has 2 aromatic carbocycles. The number of allylic oxidation sites excluding steroid dienone is 1. The van der Waals surface area contributed by atoms with Crippen LogP contribution in [0, 0.1) is 24.1 Å². The summed E-state index contributed by atoms with van der Waals surface area (Å²) in [6, 6.07) is 14.4. The van der Waals surface area contributed by atoms with Crippen LogP contribution in [0.4, 0.5) is 4.39 Å². The van der Waals surface area contributed by atoms with E-state index in [1.54, 1.807) is 24.3 Å². The number of benzene rings is 2. The topological polar surface area (TPSA) is 103 Å². The minimum Gasteiger partial charge on any atom is -0.478 e. The number of nitrogens with zero attached hydrogens (tertiary/aromatic N) is 2. The van der Waals surface area contributed by atoms with E-state index in [1.165, 1.54) is 30.3 Å². The number of halogens is 1. The van der Waals surface area contributed by atoms with E-state index in [9.17, 15) is 19.6 Å². The van der Waals surface area contributed by atoms with Gasteiger partial charge in [-0.2, -0.15) is 5.26 Å². The summed E-state index contributed by atoms with van der Waals surface area (Å²) in [5.41, 5.74) is 2.93. The van der Waals surface area contributed by atoms with Gasteiger partial charge in [-0.05, 0) is 55.0 Å². The summed E-state index contributed by atoms with van der Waals surface area (Å²) in [6.45, 7) is 1.85. The Hall–Kier alpha value is -4.18. The second-order valence-electron chi connectivity index (χ2n) is 6.45. The van der Waals surface area contributed by atoms with Crippen LogP contribution in [-0.4, -0.2) is 21.0 Å². The second kappa shape index (κ2) is 7.09. The monoisotopic (exact) mass is 387 g/mol. The molecule has 4 aromatic rings. The fourth-order valence-electron chi connectivity index (χ4n) is 3.00. The van der Waals surface area contributed by atoms with Crippen LogP contribution in [0.1, 0.15) is 27.5 Å². The van der Waals surface area contributed by atoms with Gasteiger partial charge in [-0.3, -0.25) is 0 Å². The van der Waals surface area contributed by atoms with Gasteiger partial charge >= 0.3 is 5.97 Å². The van der Waals surface area contributed by atoms with Crippen LogP contribution in [0.15, 0.2) is 52.9 Å². The van der Waals surface area contributed by atoms with Crippen LogP contribution < -0.4 is 0 Å². The Morgan fingerprint density at radius 2 is 2.07 bits per heavy atom. The number of aryl methyl sites for hydroxylation is 1. The predicted molar refractivity (Wildman–Crippen MR) is 105 cm³/mol. The van der Waals surface area contributed by atoms with Crippen LogP contribution in [0.2, 0.25) is 0 Å². The van der Waals surface area contributed by atoms with E-state index < -0.39 is 11.8 Å². The van der Waals surface area contributed by atoms with Crippen molar-refractivity contribution in [1.29, 1.82) is 5.26 Å². The lowest BCUT2D eigenvalue weighted by molar-refractivity contribution is 0.0697. The zero-order chi connectivity index (χ0) is 20.5. The van der Waals surface area contributed by atoms with Crippen LogP contribution in [0.5, 0.6) is 0 Å². The number of aromatic amines is 1. The van der Waals surface area contributed by atoms with Gasteiger partial charge in [0.25, 0.3) is 0 Å². The molecule has 0 aliphatic heterocycles. The molecular weight excluding hydrogens is 373 g/mol. The molecule has 142 valence electrons. The number of nitrogens with one attached hydrogen (secondary N) is 1. The molecule has 0 spiro atoms. The standard InChI is InChI=1S/C22H14FN3O3/c1-12-2-3-13(22(27)28)9-17(12)20-7-5-16(29-20)8-14(11-24)21-25-18-6-4-15(23)10-19(18)26-21/h2-10H,1H3,(H,25,26)(H,27,28)/b14-8-. The van der Waals surface area contributed by atoms with Crippen molar-refractivity contribution in [2.75, 3.05) is 0 Å². The predicted octanol–water partition coefficient (Wildman–Crippen LogP) is 5.03. The number of carbonyl (C=O) groups is 1. The third kappa shape index (κ3) is 3.51. The van der Waals surface area contributed by atoms with Gasteiger partial charge in [0, 0.05) is 11.6 Å².